The van der Waals surface area contributed by atoms with Crippen LogP contribution in [0.4, 0.5) is 0 Å². The monoisotopic (exact) mass is 492 g/mol. The lowest BCUT2D eigenvalue weighted by Gasteiger charge is -2.31. The molecule has 0 radical (unpaired) electrons. The van der Waals surface area contributed by atoms with E-state index in [1.807, 2.05) is 0 Å². The van der Waals surface area contributed by atoms with Crippen LogP contribution < -0.4 is 9.47 Å². The summed E-state index contributed by atoms with van der Waals surface area (Å²) < 4.78 is 23.0. The Bertz CT molecular complexity index is 924. The molecular formula is C32H44O4. The third-order valence-corrected chi connectivity index (χ3v) is 8.10. The lowest BCUT2D eigenvalue weighted by Crippen LogP contribution is -2.15. The summed E-state index contributed by atoms with van der Waals surface area (Å²) in [6.07, 6.45) is 14.6. The molecule has 3 aliphatic rings. The Balaban J connectivity index is 1.17. The lowest BCUT2D eigenvalue weighted by atomic mass is 9.75. The van der Waals surface area contributed by atoms with Crippen LogP contribution >= 0.6 is 0 Å². The Hall–Kier alpha value is -2.04. The topological polar surface area (TPSA) is 43.5 Å². The van der Waals surface area contributed by atoms with Gasteiger partial charge in [0, 0.05) is 0 Å². The molecule has 2 heterocycles. The standard InChI is InChI=1S/C32H44O4/c1-2-3-4-5-6-7-9-27-10-8-11-31(32(27)36-23-30-22-35-30)26-14-12-24(13-15-26)25-16-18-28(19-17-25)33-20-29-21-34-29/h8,10-11,16-19,24,26,29-30H,2-7,9,12-15,20-23H2,1H3. The van der Waals surface area contributed by atoms with E-state index < -0.39 is 0 Å². The maximum Gasteiger partial charge on any atom is 0.126 e. The zero-order valence-corrected chi connectivity index (χ0v) is 22.1. The SMILES string of the molecule is CCCCCCCCc1cccc(C2CCC(c3ccc(OCC4CO4)cc3)CC2)c1OCC1CO1. The Kier molecular flexibility index (Phi) is 9.22. The number of epoxide rings is 2. The van der Waals surface area contributed by atoms with Gasteiger partial charge >= 0.3 is 0 Å². The van der Waals surface area contributed by atoms with E-state index in [9.17, 15) is 0 Å². The Morgan fingerprint density at radius 3 is 2.06 bits per heavy atom. The first-order valence-electron chi connectivity index (χ1n) is 14.5. The smallest absolute Gasteiger partial charge is 0.126 e. The molecule has 0 aromatic heterocycles. The van der Waals surface area contributed by atoms with Gasteiger partial charge in [0.1, 0.15) is 36.9 Å². The minimum Gasteiger partial charge on any atom is -0.491 e. The number of hydrogen-bond donors (Lipinski definition) is 0. The first-order chi connectivity index (χ1) is 17.8. The molecular weight excluding hydrogens is 448 g/mol. The van der Waals surface area contributed by atoms with E-state index in [1.54, 1.807) is 0 Å². The van der Waals surface area contributed by atoms with Crippen LogP contribution in [0.2, 0.25) is 0 Å². The second kappa shape index (κ2) is 13.0. The van der Waals surface area contributed by atoms with Crippen molar-refractivity contribution < 1.29 is 18.9 Å². The average molecular weight is 493 g/mol. The van der Waals surface area contributed by atoms with Gasteiger partial charge < -0.3 is 18.9 Å². The van der Waals surface area contributed by atoms with Crippen molar-refractivity contribution in [3.8, 4) is 11.5 Å². The molecule has 2 aliphatic heterocycles. The molecule has 2 aromatic rings. The maximum absolute atomic E-state index is 6.46. The molecule has 2 atom stereocenters. The molecule has 0 bridgehead atoms. The van der Waals surface area contributed by atoms with E-state index >= 15 is 0 Å². The summed E-state index contributed by atoms with van der Waals surface area (Å²) in [5, 5.41) is 0. The van der Waals surface area contributed by atoms with Gasteiger partial charge in [-0.3, -0.25) is 0 Å². The number of aryl methyl sites for hydroxylation is 1. The number of unbranched alkanes of at least 4 members (excludes halogenated alkanes) is 5. The summed E-state index contributed by atoms with van der Waals surface area (Å²) >= 11 is 0. The molecule has 2 aromatic carbocycles. The Labute approximate surface area is 217 Å². The maximum atomic E-state index is 6.46. The van der Waals surface area contributed by atoms with Crippen molar-refractivity contribution in [2.24, 2.45) is 0 Å². The van der Waals surface area contributed by atoms with Gasteiger partial charge in [-0.1, -0.05) is 69.4 Å². The first-order valence-corrected chi connectivity index (χ1v) is 14.5. The van der Waals surface area contributed by atoms with Crippen molar-refractivity contribution >= 4 is 0 Å². The van der Waals surface area contributed by atoms with Crippen LogP contribution in [0.25, 0.3) is 0 Å². The molecule has 5 rings (SSSR count). The van der Waals surface area contributed by atoms with Crippen LogP contribution in [0.1, 0.15) is 99.7 Å². The van der Waals surface area contributed by atoms with E-state index in [0.29, 0.717) is 37.3 Å². The summed E-state index contributed by atoms with van der Waals surface area (Å²) in [6, 6.07) is 15.7. The molecule has 4 nitrogen and oxygen atoms in total. The van der Waals surface area contributed by atoms with Crippen LogP contribution in [-0.2, 0) is 15.9 Å². The normalized spacial score (nSPS) is 24.9. The van der Waals surface area contributed by atoms with Crippen molar-refractivity contribution in [1.29, 1.82) is 0 Å². The lowest BCUT2D eigenvalue weighted by molar-refractivity contribution is 0.255. The summed E-state index contributed by atoms with van der Waals surface area (Å²) in [7, 11) is 0. The fourth-order valence-electron chi connectivity index (χ4n) is 5.66. The van der Waals surface area contributed by atoms with Crippen LogP contribution in [0.5, 0.6) is 11.5 Å². The fraction of sp³-hybridized carbons (Fsp3) is 0.625. The second-order valence-corrected chi connectivity index (χ2v) is 11.0. The zero-order chi connectivity index (χ0) is 24.6. The molecule has 1 aliphatic carbocycles. The quantitative estimate of drug-likeness (QED) is 0.190. The van der Waals surface area contributed by atoms with Gasteiger partial charge in [0.05, 0.1) is 13.2 Å². The van der Waals surface area contributed by atoms with Crippen LogP contribution in [0.3, 0.4) is 0 Å². The predicted molar refractivity (Wildman–Crippen MR) is 144 cm³/mol. The van der Waals surface area contributed by atoms with Gasteiger partial charge in [-0.25, -0.2) is 0 Å². The molecule has 1 saturated carbocycles. The minimum absolute atomic E-state index is 0.291. The molecule has 196 valence electrons. The first kappa shape index (κ1) is 25.6. The Morgan fingerprint density at radius 1 is 0.722 bits per heavy atom. The average Bonchev–Trinajstić information content (AvgIpc) is 3.85. The molecule has 2 unspecified atom stereocenters. The van der Waals surface area contributed by atoms with Gasteiger partial charge in [0.25, 0.3) is 0 Å². The molecule has 4 heteroatoms. The van der Waals surface area contributed by atoms with E-state index in [2.05, 4.69) is 49.4 Å². The Morgan fingerprint density at radius 2 is 1.36 bits per heavy atom. The van der Waals surface area contributed by atoms with Crippen molar-refractivity contribution in [1.82, 2.24) is 0 Å². The third kappa shape index (κ3) is 7.49. The van der Waals surface area contributed by atoms with Crippen LogP contribution in [0.15, 0.2) is 42.5 Å². The van der Waals surface area contributed by atoms with E-state index in [4.69, 9.17) is 18.9 Å². The summed E-state index contributed by atoms with van der Waals surface area (Å²) in [5.74, 6) is 3.34. The molecule has 0 N–H and O–H groups in total. The molecule has 0 amide bonds. The largest absolute Gasteiger partial charge is 0.491 e. The van der Waals surface area contributed by atoms with Crippen molar-refractivity contribution in [3.63, 3.8) is 0 Å². The highest BCUT2D eigenvalue weighted by molar-refractivity contribution is 5.44. The highest BCUT2D eigenvalue weighted by Crippen LogP contribution is 2.44. The van der Waals surface area contributed by atoms with Crippen molar-refractivity contribution in [3.05, 3.63) is 59.2 Å². The van der Waals surface area contributed by atoms with Gasteiger partial charge in [-0.05, 0) is 79.2 Å². The fourth-order valence-corrected chi connectivity index (χ4v) is 5.66. The zero-order valence-electron chi connectivity index (χ0n) is 22.1. The number of hydrogen-bond acceptors (Lipinski definition) is 4. The van der Waals surface area contributed by atoms with E-state index in [-0.39, 0.29) is 0 Å². The molecule has 2 saturated heterocycles. The van der Waals surface area contributed by atoms with Gasteiger partial charge in [-0.2, -0.15) is 0 Å². The summed E-state index contributed by atoms with van der Waals surface area (Å²) in [5.41, 5.74) is 4.28. The van der Waals surface area contributed by atoms with Crippen molar-refractivity contribution in [2.45, 2.75) is 102 Å². The number of benzene rings is 2. The highest BCUT2D eigenvalue weighted by atomic mass is 16.6. The molecule has 3 fully saturated rings. The van der Waals surface area contributed by atoms with E-state index in [0.717, 1.165) is 25.4 Å². The third-order valence-electron chi connectivity index (χ3n) is 8.10. The van der Waals surface area contributed by atoms with E-state index in [1.165, 1.54) is 86.6 Å². The number of para-hydroxylation sites is 1. The summed E-state index contributed by atoms with van der Waals surface area (Å²) in [4.78, 5) is 0. The van der Waals surface area contributed by atoms with Crippen molar-refractivity contribution in [2.75, 3.05) is 26.4 Å². The summed E-state index contributed by atoms with van der Waals surface area (Å²) in [6.45, 7) is 5.32. The van der Waals surface area contributed by atoms with Gasteiger partial charge in [0.15, 0.2) is 0 Å². The number of rotatable bonds is 15. The van der Waals surface area contributed by atoms with Crippen LogP contribution in [-0.4, -0.2) is 38.6 Å². The van der Waals surface area contributed by atoms with Crippen LogP contribution in [0, 0.1) is 0 Å². The predicted octanol–water partition coefficient (Wildman–Crippen LogP) is 7.59. The molecule has 0 spiro atoms. The minimum atomic E-state index is 0.291. The number of ether oxygens (including phenoxy) is 4. The van der Waals surface area contributed by atoms with Gasteiger partial charge in [0.2, 0.25) is 0 Å². The van der Waals surface area contributed by atoms with Gasteiger partial charge in [-0.15, -0.1) is 0 Å². The highest BCUT2D eigenvalue weighted by Gasteiger charge is 2.29. The second-order valence-electron chi connectivity index (χ2n) is 11.0. The molecule has 36 heavy (non-hydrogen) atoms.